The number of nitrogens with one attached hydrogen (secondary N) is 2. The van der Waals surface area contributed by atoms with E-state index in [-0.39, 0.29) is 24.8 Å². The Morgan fingerprint density at radius 2 is 2.13 bits per heavy atom. The fraction of sp³-hybridized carbons (Fsp3) is 0.176. The van der Waals surface area contributed by atoms with Crippen LogP contribution in [0.25, 0.3) is 0 Å². The molecule has 5 nitrogen and oxygen atoms in total. The van der Waals surface area contributed by atoms with Crippen molar-refractivity contribution in [2.24, 2.45) is 0 Å². The van der Waals surface area contributed by atoms with Crippen LogP contribution in [-0.4, -0.2) is 18.4 Å². The van der Waals surface area contributed by atoms with E-state index >= 15 is 0 Å². The highest BCUT2D eigenvalue weighted by molar-refractivity contribution is 6.30. The molecule has 0 spiro atoms. The SMILES string of the molecule is Cc1cc(Cl)ccc1NC(=O)Cc1ccc2c(c1)NC(=O)CO2. The number of fused-ring (bicyclic) bond motifs is 1. The van der Waals surface area contributed by atoms with Crippen LogP contribution in [-0.2, 0) is 16.0 Å². The van der Waals surface area contributed by atoms with Gasteiger partial charge in [-0.3, -0.25) is 9.59 Å². The van der Waals surface area contributed by atoms with Crippen molar-refractivity contribution in [3.63, 3.8) is 0 Å². The number of carbonyl (C=O) groups is 2. The summed E-state index contributed by atoms with van der Waals surface area (Å²) in [5.41, 5.74) is 3.01. The molecule has 6 heteroatoms. The number of carbonyl (C=O) groups excluding carboxylic acids is 2. The van der Waals surface area contributed by atoms with Gasteiger partial charge in [-0.1, -0.05) is 17.7 Å². The first-order chi connectivity index (χ1) is 11.0. The van der Waals surface area contributed by atoms with Crippen molar-refractivity contribution in [2.45, 2.75) is 13.3 Å². The second-order valence-corrected chi connectivity index (χ2v) is 5.79. The number of hydrogen-bond acceptors (Lipinski definition) is 3. The van der Waals surface area contributed by atoms with Crippen LogP contribution in [0.15, 0.2) is 36.4 Å². The molecule has 2 aromatic rings. The molecule has 2 aromatic carbocycles. The number of halogens is 1. The lowest BCUT2D eigenvalue weighted by Crippen LogP contribution is -2.25. The molecule has 23 heavy (non-hydrogen) atoms. The largest absolute Gasteiger partial charge is 0.482 e. The molecule has 0 radical (unpaired) electrons. The molecule has 0 aliphatic carbocycles. The standard InChI is InChI=1S/C17H15ClN2O3/c1-10-6-12(18)3-4-13(10)19-16(21)8-11-2-5-15-14(7-11)20-17(22)9-23-15/h2-7H,8-9H2,1H3,(H,19,21)(H,20,22). The Labute approximate surface area is 138 Å². The normalized spacial score (nSPS) is 12.9. The van der Waals surface area contributed by atoms with Crippen LogP contribution in [0, 0.1) is 6.92 Å². The minimum absolute atomic E-state index is 0.0165. The van der Waals surface area contributed by atoms with Gasteiger partial charge in [-0.15, -0.1) is 0 Å². The molecule has 0 unspecified atom stereocenters. The van der Waals surface area contributed by atoms with E-state index in [4.69, 9.17) is 16.3 Å². The van der Waals surface area contributed by atoms with E-state index in [0.29, 0.717) is 16.5 Å². The summed E-state index contributed by atoms with van der Waals surface area (Å²) in [5.74, 6) is 0.275. The maximum Gasteiger partial charge on any atom is 0.262 e. The average Bonchev–Trinajstić information content (AvgIpc) is 2.49. The summed E-state index contributed by atoms with van der Waals surface area (Å²) >= 11 is 5.90. The van der Waals surface area contributed by atoms with Crippen LogP contribution in [0.2, 0.25) is 5.02 Å². The average molecular weight is 331 g/mol. The van der Waals surface area contributed by atoms with Gasteiger partial charge in [-0.2, -0.15) is 0 Å². The number of benzene rings is 2. The van der Waals surface area contributed by atoms with Crippen molar-refractivity contribution in [1.29, 1.82) is 0 Å². The van der Waals surface area contributed by atoms with Gasteiger partial charge in [0.1, 0.15) is 5.75 Å². The van der Waals surface area contributed by atoms with Crippen LogP contribution in [0.3, 0.4) is 0 Å². The fourth-order valence-corrected chi connectivity index (χ4v) is 2.61. The van der Waals surface area contributed by atoms with Crippen LogP contribution < -0.4 is 15.4 Å². The first-order valence-electron chi connectivity index (χ1n) is 7.13. The number of aryl methyl sites for hydroxylation is 1. The van der Waals surface area contributed by atoms with E-state index in [1.165, 1.54) is 0 Å². The second kappa shape index (κ2) is 6.30. The molecule has 2 N–H and O–H groups in total. The van der Waals surface area contributed by atoms with Gasteiger partial charge < -0.3 is 15.4 Å². The zero-order valence-corrected chi connectivity index (χ0v) is 13.2. The molecule has 1 heterocycles. The molecule has 2 amide bonds. The lowest BCUT2D eigenvalue weighted by Gasteiger charge is -2.18. The third-order valence-corrected chi connectivity index (χ3v) is 3.74. The van der Waals surface area contributed by atoms with E-state index in [1.54, 1.807) is 30.3 Å². The molecule has 0 aromatic heterocycles. The van der Waals surface area contributed by atoms with Gasteiger partial charge in [0.25, 0.3) is 5.91 Å². The Kier molecular flexibility index (Phi) is 4.21. The highest BCUT2D eigenvalue weighted by Gasteiger charge is 2.16. The Morgan fingerprint density at radius 3 is 2.91 bits per heavy atom. The van der Waals surface area contributed by atoms with Gasteiger partial charge in [0.15, 0.2) is 6.61 Å². The number of rotatable bonds is 3. The van der Waals surface area contributed by atoms with E-state index < -0.39 is 0 Å². The maximum atomic E-state index is 12.2. The van der Waals surface area contributed by atoms with Crippen molar-refractivity contribution in [3.05, 3.63) is 52.5 Å². The van der Waals surface area contributed by atoms with Crippen molar-refractivity contribution < 1.29 is 14.3 Å². The smallest absolute Gasteiger partial charge is 0.262 e. The molecule has 0 atom stereocenters. The van der Waals surface area contributed by atoms with Crippen molar-refractivity contribution in [2.75, 3.05) is 17.2 Å². The van der Waals surface area contributed by atoms with Gasteiger partial charge in [0.2, 0.25) is 5.91 Å². The lowest BCUT2D eigenvalue weighted by molar-refractivity contribution is -0.118. The molecule has 0 saturated carbocycles. The number of anilines is 2. The minimum atomic E-state index is -0.198. The lowest BCUT2D eigenvalue weighted by atomic mass is 10.1. The van der Waals surface area contributed by atoms with Crippen molar-refractivity contribution in [3.8, 4) is 5.75 Å². The first-order valence-corrected chi connectivity index (χ1v) is 7.50. The molecule has 0 bridgehead atoms. The maximum absolute atomic E-state index is 12.2. The van der Waals surface area contributed by atoms with Gasteiger partial charge in [-0.25, -0.2) is 0 Å². The van der Waals surface area contributed by atoms with E-state index in [0.717, 1.165) is 16.8 Å². The third kappa shape index (κ3) is 3.63. The van der Waals surface area contributed by atoms with Crippen LogP contribution in [0.5, 0.6) is 5.75 Å². The molecular weight excluding hydrogens is 316 g/mol. The molecule has 118 valence electrons. The summed E-state index contributed by atoms with van der Waals surface area (Å²) in [6.07, 6.45) is 0.200. The monoisotopic (exact) mass is 330 g/mol. The molecule has 0 saturated heterocycles. The predicted octanol–water partition coefficient (Wildman–Crippen LogP) is 3.16. The van der Waals surface area contributed by atoms with Gasteiger partial charge >= 0.3 is 0 Å². The zero-order valence-electron chi connectivity index (χ0n) is 12.5. The van der Waals surface area contributed by atoms with Gasteiger partial charge in [0.05, 0.1) is 12.1 Å². The summed E-state index contributed by atoms with van der Waals surface area (Å²) < 4.78 is 5.29. The first kappa shape index (κ1) is 15.4. The van der Waals surface area contributed by atoms with Crippen LogP contribution in [0.1, 0.15) is 11.1 Å². The summed E-state index contributed by atoms with van der Waals surface area (Å²) in [7, 11) is 0. The van der Waals surface area contributed by atoms with E-state index in [9.17, 15) is 9.59 Å². The van der Waals surface area contributed by atoms with Crippen LogP contribution >= 0.6 is 11.6 Å². The second-order valence-electron chi connectivity index (χ2n) is 5.35. The molecule has 1 aliphatic rings. The quantitative estimate of drug-likeness (QED) is 0.908. The van der Waals surface area contributed by atoms with Gasteiger partial charge in [-0.05, 0) is 48.4 Å². The van der Waals surface area contributed by atoms with Crippen LogP contribution in [0.4, 0.5) is 11.4 Å². The number of amides is 2. The third-order valence-electron chi connectivity index (χ3n) is 3.50. The predicted molar refractivity (Wildman–Crippen MR) is 89.1 cm³/mol. The van der Waals surface area contributed by atoms with E-state index in [2.05, 4.69) is 10.6 Å². The molecule has 3 rings (SSSR count). The fourth-order valence-electron chi connectivity index (χ4n) is 2.39. The highest BCUT2D eigenvalue weighted by atomic mass is 35.5. The van der Waals surface area contributed by atoms with Gasteiger partial charge in [0, 0.05) is 10.7 Å². The number of ether oxygens (including phenoxy) is 1. The molecular formula is C17H15ClN2O3. The van der Waals surface area contributed by atoms with E-state index in [1.807, 2.05) is 13.0 Å². The minimum Gasteiger partial charge on any atom is -0.482 e. The summed E-state index contributed by atoms with van der Waals surface area (Å²) in [5, 5.41) is 6.22. The Balaban J connectivity index is 1.70. The Bertz CT molecular complexity index is 789. The Hall–Kier alpha value is -2.53. The summed E-state index contributed by atoms with van der Waals surface area (Å²) in [6.45, 7) is 1.90. The molecule has 0 fully saturated rings. The molecule has 1 aliphatic heterocycles. The highest BCUT2D eigenvalue weighted by Crippen LogP contribution is 2.28. The van der Waals surface area contributed by atoms with Crippen molar-refractivity contribution in [1.82, 2.24) is 0 Å². The zero-order chi connectivity index (χ0) is 16.4. The summed E-state index contributed by atoms with van der Waals surface area (Å²) in [6, 6.07) is 10.6. The summed E-state index contributed by atoms with van der Waals surface area (Å²) in [4.78, 5) is 23.5. The van der Waals surface area contributed by atoms with Crippen molar-refractivity contribution >= 4 is 34.8 Å². The topological polar surface area (TPSA) is 67.4 Å². The Morgan fingerprint density at radius 1 is 1.30 bits per heavy atom. The number of hydrogen-bond donors (Lipinski definition) is 2.